The Bertz CT molecular complexity index is 731. The zero-order valence-corrected chi connectivity index (χ0v) is 15.4. The van der Waals surface area contributed by atoms with E-state index in [0.29, 0.717) is 43.2 Å². The topological polar surface area (TPSA) is 119 Å². The summed E-state index contributed by atoms with van der Waals surface area (Å²) in [6, 6.07) is 6.21. The fourth-order valence-corrected chi connectivity index (χ4v) is 3.69. The van der Waals surface area contributed by atoms with Crippen molar-refractivity contribution in [1.82, 2.24) is 10.2 Å². The van der Waals surface area contributed by atoms with Gasteiger partial charge in [0.05, 0.1) is 5.41 Å². The molecule has 2 saturated heterocycles. The summed E-state index contributed by atoms with van der Waals surface area (Å²) >= 11 is 5.77. The van der Waals surface area contributed by atoms with Gasteiger partial charge in [-0.1, -0.05) is 11.6 Å². The molecular formula is C18H22ClN3O5. The molecule has 4 N–H and O–H groups in total. The van der Waals surface area contributed by atoms with E-state index in [4.69, 9.17) is 11.6 Å². The number of carbonyl (C=O) groups is 3. The first-order valence-corrected chi connectivity index (χ1v) is 9.20. The monoisotopic (exact) mass is 395 g/mol. The van der Waals surface area contributed by atoms with E-state index in [0.717, 1.165) is 6.42 Å². The number of anilines is 1. The number of nitrogens with zero attached hydrogens (tertiary/aromatic N) is 1. The van der Waals surface area contributed by atoms with Crippen LogP contribution in [0.2, 0.25) is 5.02 Å². The van der Waals surface area contributed by atoms with Crippen LogP contribution in [0.15, 0.2) is 24.3 Å². The molecule has 2 fully saturated rings. The third-order valence-corrected chi connectivity index (χ3v) is 5.59. The predicted molar refractivity (Wildman–Crippen MR) is 98.0 cm³/mol. The fourth-order valence-electron chi connectivity index (χ4n) is 3.56. The molecule has 2 atom stereocenters. The molecule has 2 heterocycles. The van der Waals surface area contributed by atoms with Gasteiger partial charge in [-0.3, -0.25) is 14.4 Å². The summed E-state index contributed by atoms with van der Waals surface area (Å²) in [6.45, 7) is 1.24. The Hall–Kier alpha value is -2.16. The van der Waals surface area contributed by atoms with E-state index < -0.39 is 29.4 Å². The van der Waals surface area contributed by atoms with Crippen LogP contribution in [0.3, 0.4) is 0 Å². The second kappa shape index (κ2) is 7.84. The minimum Gasteiger partial charge on any atom is -0.380 e. The maximum atomic E-state index is 12.4. The molecule has 0 saturated carbocycles. The van der Waals surface area contributed by atoms with Gasteiger partial charge in [0.1, 0.15) is 0 Å². The Morgan fingerprint density at radius 2 is 1.74 bits per heavy atom. The molecular weight excluding hydrogens is 374 g/mol. The standard InChI is InChI=1S/C18H22ClN3O5/c19-11-1-3-12(4-2-11)21-15(25)13(23)14(24)16(26)22-9-6-18(7-10-22)5-8-20-17(18)27/h1-4,13-14,23-24H,5-10H2,(H,20,27)(H,21,25)/t13-,14-/m0/s1. The molecule has 27 heavy (non-hydrogen) atoms. The first kappa shape index (κ1) is 19.6. The van der Waals surface area contributed by atoms with Crippen molar-refractivity contribution in [1.29, 1.82) is 0 Å². The Labute approximate surface area is 161 Å². The normalized spacial score (nSPS) is 20.9. The van der Waals surface area contributed by atoms with E-state index in [1.807, 2.05) is 0 Å². The lowest BCUT2D eigenvalue weighted by molar-refractivity contribution is -0.154. The van der Waals surface area contributed by atoms with Crippen LogP contribution in [0.5, 0.6) is 0 Å². The highest BCUT2D eigenvalue weighted by molar-refractivity contribution is 6.30. The molecule has 1 spiro atoms. The Morgan fingerprint density at radius 3 is 2.30 bits per heavy atom. The summed E-state index contributed by atoms with van der Waals surface area (Å²) in [5, 5.41) is 25.9. The zero-order valence-electron chi connectivity index (χ0n) is 14.7. The number of carbonyl (C=O) groups excluding carboxylic acids is 3. The summed E-state index contributed by atoms with van der Waals surface area (Å²) < 4.78 is 0. The van der Waals surface area contributed by atoms with Crippen molar-refractivity contribution in [2.45, 2.75) is 31.5 Å². The van der Waals surface area contributed by atoms with Gasteiger partial charge >= 0.3 is 0 Å². The molecule has 8 nitrogen and oxygen atoms in total. The lowest BCUT2D eigenvalue weighted by Crippen LogP contribution is -2.53. The Balaban J connectivity index is 1.55. The molecule has 0 bridgehead atoms. The number of nitrogens with one attached hydrogen (secondary N) is 2. The van der Waals surface area contributed by atoms with Gasteiger partial charge in [-0.05, 0) is 43.5 Å². The number of piperidine rings is 1. The number of hydrogen-bond acceptors (Lipinski definition) is 5. The quantitative estimate of drug-likeness (QED) is 0.577. The number of benzene rings is 1. The van der Waals surface area contributed by atoms with Crippen LogP contribution >= 0.6 is 11.6 Å². The van der Waals surface area contributed by atoms with E-state index in [2.05, 4.69) is 10.6 Å². The van der Waals surface area contributed by atoms with Crippen LogP contribution in [0, 0.1) is 5.41 Å². The van der Waals surface area contributed by atoms with Gasteiger partial charge in [0.2, 0.25) is 5.91 Å². The van der Waals surface area contributed by atoms with E-state index in [1.54, 1.807) is 12.1 Å². The molecule has 0 aromatic heterocycles. The first-order chi connectivity index (χ1) is 12.8. The van der Waals surface area contributed by atoms with Crippen LogP contribution in [0.1, 0.15) is 19.3 Å². The van der Waals surface area contributed by atoms with Crippen molar-refractivity contribution in [2.24, 2.45) is 5.41 Å². The highest BCUT2D eigenvalue weighted by atomic mass is 35.5. The van der Waals surface area contributed by atoms with Gasteiger partial charge < -0.3 is 25.7 Å². The van der Waals surface area contributed by atoms with Gasteiger partial charge in [-0.15, -0.1) is 0 Å². The van der Waals surface area contributed by atoms with Gasteiger partial charge in [-0.2, -0.15) is 0 Å². The largest absolute Gasteiger partial charge is 0.380 e. The highest BCUT2D eigenvalue weighted by Gasteiger charge is 2.46. The molecule has 2 aliphatic rings. The summed E-state index contributed by atoms with van der Waals surface area (Å²) in [5.41, 5.74) is -0.0537. The van der Waals surface area contributed by atoms with Crippen LogP contribution in [0.4, 0.5) is 5.69 Å². The second-order valence-electron chi connectivity index (χ2n) is 7.00. The van der Waals surface area contributed by atoms with Crippen LogP contribution < -0.4 is 10.6 Å². The number of amides is 3. The summed E-state index contributed by atoms with van der Waals surface area (Å²) in [6.07, 6.45) is -2.03. The molecule has 0 radical (unpaired) electrons. The van der Waals surface area contributed by atoms with E-state index in [-0.39, 0.29) is 5.91 Å². The zero-order chi connectivity index (χ0) is 19.6. The van der Waals surface area contributed by atoms with Crippen LogP contribution in [-0.2, 0) is 14.4 Å². The van der Waals surface area contributed by atoms with Crippen molar-refractivity contribution in [3.05, 3.63) is 29.3 Å². The molecule has 3 rings (SSSR count). The second-order valence-corrected chi connectivity index (χ2v) is 7.43. The SMILES string of the molecule is O=C(Nc1ccc(Cl)cc1)[C@@H](O)[C@H](O)C(=O)N1CCC2(CCNC2=O)CC1. The number of hydrogen-bond donors (Lipinski definition) is 4. The minimum atomic E-state index is -1.90. The lowest BCUT2D eigenvalue weighted by Gasteiger charge is -2.38. The van der Waals surface area contributed by atoms with Gasteiger partial charge in [-0.25, -0.2) is 0 Å². The molecule has 1 aromatic rings. The fraction of sp³-hybridized carbons (Fsp3) is 0.500. The predicted octanol–water partition coefficient (Wildman–Crippen LogP) is 0.129. The number of likely N-dealkylation sites (tertiary alicyclic amines) is 1. The summed E-state index contributed by atoms with van der Waals surface area (Å²) in [5.74, 6) is -1.60. The third kappa shape index (κ3) is 4.07. The van der Waals surface area contributed by atoms with Gasteiger partial charge in [0.15, 0.2) is 12.2 Å². The Morgan fingerprint density at radius 1 is 1.11 bits per heavy atom. The van der Waals surface area contributed by atoms with Gasteiger partial charge in [0.25, 0.3) is 11.8 Å². The van der Waals surface area contributed by atoms with Crippen LogP contribution in [-0.4, -0.2) is 64.7 Å². The first-order valence-electron chi connectivity index (χ1n) is 8.82. The molecule has 0 unspecified atom stereocenters. The smallest absolute Gasteiger partial charge is 0.256 e. The maximum absolute atomic E-state index is 12.4. The van der Waals surface area contributed by atoms with E-state index in [9.17, 15) is 24.6 Å². The van der Waals surface area contributed by atoms with Crippen molar-refractivity contribution >= 4 is 35.0 Å². The molecule has 9 heteroatoms. The van der Waals surface area contributed by atoms with Crippen molar-refractivity contribution in [2.75, 3.05) is 25.0 Å². The van der Waals surface area contributed by atoms with E-state index in [1.165, 1.54) is 17.0 Å². The Kier molecular flexibility index (Phi) is 5.69. The van der Waals surface area contributed by atoms with Crippen LogP contribution in [0.25, 0.3) is 0 Å². The van der Waals surface area contributed by atoms with Crippen molar-refractivity contribution < 1.29 is 24.6 Å². The van der Waals surface area contributed by atoms with E-state index >= 15 is 0 Å². The maximum Gasteiger partial charge on any atom is 0.256 e. The molecule has 3 amide bonds. The molecule has 2 aliphatic heterocycles. The third-order valence-electron chi connectivity index (χ3n) is 5.34. The van der Waals surface area contributed by atoms with Crippen molar-refractivity contribution in [3.8, 4) is 0 Å². The lowest BCUT2D eigenvalue weighted by atomic mass is 9.77. The minimum absolute atomic E-state index is 0.0116. The number of aliphatic hydroxyl groups excluding tert-OH is 2. The molecule has 0 aliphatic carbocycles. The molecule has 1 aromatic carbocycles. The average molecular weight is 396 g/mol. The summed E-state index contributed by atoms with van der Waals surface area (Å²) in [7, 11) is 0. The molecule has 146 valence electrons. The van der Waals surface area contributed by atoms with Gasteiger partial charge in [0, 0.05) is 30.3 Å². The summed E-state index contributed by atoms with van der Waals surface area (Å²) in [4.78, 5) is 37.9. The van der Waals surface area contributed by atoms with Crippen molar-refractivity contribution in [3.63, 3.8) is 0 Å². The number of halogens is 1. The average Bonchev–Trinajstić information content (AvgIpc) is 3.02. The number of aliphatic hydroxyl groups is 2. The highest BCUT2D eigenvalue weighted by Crippen LogP contribution is 2.38. The number of rotatable bonds is 4.